The standard InChI is InChI=1S/C18H27N3O4/c1-12-6-5-9-19-15(12)16(23)13-7-8-14(22)21(13)11-10-20-17(24)25-18(2,3)4/h5-6,9,13,16,23H,7-8,10-11H2,1-4H3,(H,20,24)/t13?,16-/m0/s1. The van der Waals surface area contributed by atoms with Gasteiger partial charge in [-0.3, -0.25) is 9.78 Å². The molecular weight excluding hydrogens is 322 g/mol. The number of hydrogen-bond donors (Lipinski definition) is 2. The summed E-state index contributed by atoms with van der Waals surface area (Å²) in [6.07, 6.45) is 1.24. The maximum absolute atomic E-state index is 12.2. The summed E-state index contributed by atoms with van der Waals surface area (Å²) >= 11 is 0. The monoisotopic (exact) mass is 349 g/mol. The second kappa shape index (κ2) is 7.82. The third-order valence-electron chi connectivity index (χ3n) is 4.09. The molecule has 1 aromatic heterocycles. The van der Waals surface area contributed by atoms with Crippen molar-refractivity contribution in [2.75, 3.05) is 13.1 Å². The molecule has 1 fully saturated rings. The van der Waals surface area contributed by atoms with E-state index in [-0.39, 0.29) is 18.5 Å². The number of aliphatic hydroxyl groups excluding tert-OH is 1. The molecule has 0 radical (unpaired) electrons. The summed E-state index contributed by atoms with van der Waals surface area (Å²) in [5.41, 5.74) is 0.913. The number of rotatable bonds is 5. The summed E-state index contributed by atoms with van der Waals surface area (Å²) in [5, 5.41) is 13.3. The lowest BCUT2D eigenvalue weighted by Crippen LogP contribution is -2.43. The van der Waals surface area contributed by atoms with Gasteiger partial charge < -0.3 is 20.1 Å². The first kappa shape index (κ1) is 19.2. The molecule has 1 aromatic rings. The number of carbonyl (C=O) groups excluding carboxylic acids is 2. The van der Waals surface area contributed by atoms with Gasteiger partial charge in [-0.1, -0.05) is 6.07 Å². The molecule has 7 heteroatoms. The Hall–Kier alpha value is -2.15. The number of alkyl carbamates (subject to hydrolysis) is 1. The van der Waals surface area contributed by atoms with Gasteiger partial charge in [0.25, 0.3) is 0 Å². The van der Waals surface area contributed by atoms with Crippen LogP contribution in [0.3, 0.4) is 0 Å². The maximum atomic E-state index is 12.2. The Bertz CT molecular complexity index is 627. The third-order valence-corrected chi connectivity index (χ3v) is 4.09. The summed E-state index contributed by atoms with van der Waals surface area (Å²) in [7, 11) is 0. The van der Waals surface area contributed by atoms with Crippen LogP contribution in [0.5, 0.6) is 0 Å². The quantitative estimate of drug-likeness (QED) is 0.847. The Morgan fingerprint density at radius 2 is 2.24 bits per heavy atom. The third kappa shape index (κ3) is 5.16. The minimum atomic E-state index is -0.839. The lowest BCUT2D eigenvalue weighted by Gasteiger charge is -2.29. The number of aliphatic hydroxyl groups is 1. The molecule has 7 nitrogen and oxygen atoms in total. The number of hydrogen-bond acceptors (Lipinski definition) is 5. The number of nitrogens with one attached hydrogen (secondary N) is 1. The summed E-state index contributed by atoms with van der Waals surface area (Å²) in [6, 6.07) is 3.37. The first-order valence-electron chi connectivity index (χ1n) is 8.55. The number of aryl methyl sites for hydroxylation is 1. The van der Waals surface area contributed by atoms with Crippen LogP contribution in [0.25, 0.3) is 0 Å². The van der Waals surface area contributed by atoms with Crippen LogP contribution < -0.4 is 5.32 Å². The van der Waals surface area contributed by atoms with Crippen molar-refractivity contribution in [1.82, 2.24) is 15.2 Å². The van der Waals surface area contributed by atoms with Crippen molar-refractivity contribution < 1.29 is 19.4 Å². The predicted molar refractivity (Wildman–Crippen MR) is 92.9 cm³/mol. The van der Waals surface area contributed by atoms with Gasteiger partial charge in [0, 0.05) is 25.7 Å². The first-order chi connectivity index (χ1) is 11.7. The van der Waals surface area contributed by atoms with Gasteiger partial charge in [0.05, 0.1) is 11.7 Å². The fourth-order valence-corrected chi connectivity index (χ4v) is 2.96. The van der Waals surface area contributed by atoms with E-state index < -0.39 is 17.8 Å². The van der Waals surface area contributed by atoms with E-state index in [9.17, 15) is 14.7 Å². The zero-order valence-corrected chi connectivity index (χ0v) is 15.3. The van der Waals surface area contributed by atoms with Crippen LogP contribution in [0.1, 0.15) is 51.0 Å². The Morgan fingerprint density at radius 3 is 2.88 bits per heavy atom. The highest BCUT2D eigenvalue weighted by Crippen LogP contribution is 2.30. The first-order valence-corrected chi connectivity index (χ1v) is 8.55. The molecule has 2 atom stereocenters. The highest BCUT2D eigenvalue weighted by atomic mass is 16.6. The Morgan fingerprint density at radius 1 is 1.52 bits per heavy atom. The number of amides is 2. The zero-order chi connectivity index (χ0) is 18.6. The molecule has 2 heterocycles. The van der Waals surface area contributed by atoms with Crippen LogP contribution in [0, 0.1) is 6.92 Å². The minimum Gasteiger partial charge on any atom is -0.444 e. The molecule has 2 N–H and O–H groups in total. The molecule has 138 valence electrons. The van der Waals surface area contributed by atoms with Crippen molar-refractivity contribution in [2.24, 2.45) is 0 Å². The van der Waals surface area contributed by atoms with E-state index in [1.807, 2.05) is 19.1 Å². The molecule has 0 aromatic carbocycles. The number of ether oxygens (including phenoxy) is 1. The van der Waals surface area contributed by atoms with Crippen molar-refractivity contribution in [3.05, 3.63) is 29.6 Å². The summed E-state index contributed by atoms with van der Waals surface area (Å²) in [6.45, 7) is 7.85. The van der Waals surface area contributed by atoms with Gasteiger partial charge in [0.2, 0.25) is 5.91 Å². The zero-order valence-electron chi connectivity index (χ0n) is 15.3. The fraction of sp³-hybridized carbons (Fsp3) is 0.611. The van der Waals surface area contributed by atoms with Crippen molar-refractivity contribution >= 4 is 12.0 Å². The van der Waals surface area contributed by atoms with Crippen molar-refractivity contribution in [2.45, 2.75) is 58.3 Å². The SMILES string of the molecule is Cc1cccnc1[C@@H](O)C1CCC(=O)N1CCNC(=O)OC(C)(C)C. The van der Waals surface area contributed by atoms with Crippen LogP contribution >= 0.6 is 0 Å². The summed E-state index contributed by atoms with van der Waals surface area (Å²) < 4.78 is 5.18. The average molecular weight is 349 g/mol. The van der Waals surface area contributed by atoms with Gasteiger partial charge in [-0.25, -0.2) is 4.79 Å². The molecule has 1 aliphatic heterocycles. The largest absolute Gasteiger partial charge is 0.444 e. The smallest absolute Gasteiger partial charge is 0.407 e. The second-order valence-electron chi connectivity index (χ2n) is 7.27. The molecule has 0 saturated carbocycles. The van der Waals surface area contributed by atoms with Crippen LogP contribution in [-0.4, -0.2) is 51.7 Å². The Kier molecular flexibility index (Phi) is 6.00. The van der Waals surface area contributed by atoms with E-state index in [1.165, 1.54) is 0 Å². The van der Waals surface area contributed by atoms with Gasteiger partial charge in [-0.2, -0.15) is 0 Å². The normalized spacial score (nSPS) is 19.0. The Labute approximate surface area is 148 Å². The van der Waals surface area contributed by atoms with Crippen LogP contribution in [-0.2, 0) is 9.53 Å². The van der Waals surface area contributed by atoms with Gasteiger partial charge in [-0.05, 0) is 45.7 Å². The van der Waals surface area contributed by atoms with E-state index >= 15 is 0 Å². The van der Waals surface area contributed by atoms with Crippen molar-refractivity contribution in [3.8, 4) is 0 Å². The van der Waals surface area contributed by atoms with E-state index in [1.54, 1.807) is 31.9 Å². The van der Waals surface area contributed by atoms with Gasteiger partial charge in [0.1, 0.15) is 11.7 Å². The highest BCUT2D eigenvalue weighted by molar-refractivity contribution is 5.79. The second-order valence-corrected chi connectivity index (χ2v) is 7.27. The number of likely N-dealkylation sites (tertiary alicyclic amines) is 1. The number of nitrogens with zero attached hydrogens (tertiary/aromatic N) is 2. The van der Waals surface area contributed by atoms with Gasteiger partial charge in [-0.15, -0.1) is 0 Å². The van der Waals surface area contributed by atoms with Gasteiger partial charge in [0.15, 0.2) is 0 Å². The van der Waals surface area contributed by atoms with Crippen LogP contribution in [0.4, 0.5) is 4.79 Å². The number of aromatic nitrogens is 1. The molecule has 1 saturated heterocycles. The molecule has 0 bridgehead atoms. The topological polar surface area (TPSA) is 91.8 Å². The molecule has 2 rings (SSSR count). The molecular formula is C18H27N3O4. The van der Waals surface area contributed by atoms with E-state index in [0.29, 0.717) is 25.1 Å². The molecule has 0 aliphatic carbocycles. The number of carbonyl (C=O) groups is 2. The molecule has 25 heavy (non-hydrogen) atoms. The molecule has 1 unspecified atom stereocenters. The van der Waals surface area contributed by atoms with Crippen LogP contribution in [0.2, 0.25) is 0 Å². The fourth-order valence-electron chi connectivity index (χ4n) is 2.96. The van der Waals surface area contributed by atoms with Crippen molar-refractivity contribution in [3.63, 3.8) is 0 Å². The lowest BCUT2D eigenvalue weighted by molar-refractivity contribution is -0.130. The minimum absolute atomic E-state index is 0.0244. The summed E-state index contributed by atoms with van der Waals surface area (Å²) in [4.78, 5) is 29.7. The Balaban J connectivity index is 1.95. The van der Waals surface area contributed by atoms with E-state index in [0.717, 1.165) is 5.56 Å². The highest BCUT2D eigenvalue weighted by Gasteiger charge is 2.37. The molecule has 2 amide bonds. The van der Waals surface area contributed by atoms with Crippen molar-refractivity contribution in [1.29, 1.82) is 0 Å². The van der Waals surface area contributed by atoms with Crippen LogP contribution in [0.15, 0.2) is 18.3 Å². The average Bonchev–Trinajstić information content (AvgIpc) is 2.86. The number of pyridine rings is 1. The lowest BCUT2D eigenvalue weighted by atomic mass is 10.0. The predicted octanol–water partition coefficient (Wildman–Crippen LogP) is 1.94. The van der Waals surface area contributed by atoms with Gasteiger partial charge >= 0.3 is 6.09 Å². The molecule has 1 aliphatic rings. The van der Waals surface area contributed by atoms with E-state index in [4.69, 9.17) is 4.74 Å². The summed E-state index contributed by atoms with van der Waals surface area (Å²) in [5.74, 6) is -0.0244. The maximum Gasteiger partial charge on any atom is 0.407 e. The molecule has 0 spiro atoms. The van der Waals surface area contributed by atoms with E-state index in [2.05, 4.69) is 10.3 Å².